The zero-order valence-corrected chi connectivity index (χ0v) is 14.6. The van der Waals surface area contributed by atoms with Crippen LogP contribution in [0.5, 0.6) is 0 Å². The molecule has 0 aliphatic carbocycles. The molecule has 0 saturated carbocycles. The van der Waals surface area contributed by atoms with Crippen molar-refractivity contribution in [3.8, 4) is 22.3 Å². The van der Waals surface area contributed by atoms with Crippen LogP contribution in [0.15, 0.2) is 84.3 Å². The maximum Gasteiger partial charge on any atom is 0.162 e. The van der Waals surface area contributed by atoms with Gasteiger partial charge in [0.15, 0.2) is 5.65 Å². The lowest BCUT2D eigenvalue weighted by molar-refractivity contribution is 0.941. The molecule has 2 aromatic carbocycles. The summed E-state index contributed by atoms with van der Waals surface area (Å²) in [5.74, 6) is 0. The first-order chi connectivity index (χ1) is 12.8. The van der Waals surface area contributed by atoms with Gasteiger partial charge in [0, 0.05) is 45.6 Å². The fourth-order valence-corrected chi connectivity index (χ4v) is 3.25. The molecule has 0 unspecified atom stereocenters. The Bertz CT molecular complexity index is 1240. The third kappa shape index (κ3) is 2.53. The minimum Gasteiger partial charge on any atom is -0.256 e. The fourth-order valence-electron chi connectivity index (χ4n) is 3.10. The van der Waals surface area contributed by atoms with Crippen LogP contribution >= 0.6 is 12.6 Å². The van der Waals surface area contributed by atoms with Gasteiger partial charge in [0.1, 0.15) is 0 Å². The Hall–Kier alpha value is -3.18. The van der Waals surface area contributed by atoms with Crippen LogP contribution in [-0.2, 0) is 0 Å². The highest BCUT2D eigenvalue weighted by molar-refractivity contribution is 7.80. The van der Waals surface area contributed by atoms with Gasteiger partial charge in [-0.1, -0.05) is 30.3 Å². The van der Waals surface area contributed by atoms with E-state index in [1.807, 2.05) is 71.8 Å². The number of fused-ring (bicyclic) bond motifs is 2. The number of benzene rings is 2. The summed E-state index contributed by atoms with van der Waals surface area (Å²) in [6.45, 7) is 0. The molecule has 0 fully saturated rings. The Morgan fingerprint density at radius 3 is 2.46 bits per heavy atom. The van der Waals surface area contributed by atoms with Crippen LogP contribution in [-0.4, -0.2) is 19.6 Å². The molecule has 0 aliphatic rings. The number of aromatic nitrogens is 4. The maximum absolute atomic E-state index is 4.65. The Labute approximate surface area is 155 Å². The molecule has 0 radical (unpaired) electrons. The molecule has 0 spiro atoms. The monoisotopic (exact) mass is 354 g/mol. The van der Waals surface area contributed by atoms with Crippen molar-refractivity contribution in [2.24, 2.45) is 0 Å². The van der Waals surface area contributed by atoms with E-state index >= 15 is 0 Å². The number of hydrogen-bond acceptors (Lipinski definition) is 4. The van der Waals surface area contributed by atoms with Gasteiger partial charge in [-0.3, -0.25) is 4.98 Å². The second-order valence-corrected chi connectivity index (χ2v) is 6.65. The topological polar surface area (TPSA) is 43.1 Å². The summed E-state index contributed by atoms with van der Waals surface area (Å²) in [5, 5.41) is 5.59. The first-order valence-corrected chi connectivity index (χ1v) is 8.71. The van der Waals surface area contributed by atoms with E-state index in [2.05, 4.69) is 39.8 Å². The second kappa shape index (κ2) is 5.97. The predicted octanol–water partition coefficient (Wildman–Crippen LogP) is 4.90. The molecule has 3 heterocycles. The molecule has 0 atom stereocenters. The van der Waals surface area contributed by atoms with Crippen molar-refractivity contribution in [3.63, 3.8) is 0 Å². The number of thiol groups is 1. The van der Waals surface area contributed by atoms with Gasteiger partial charge in [-0.2, -0.15) is 5.10 Å². The summed E-state index contributed by atoms with van der Waals surface area (Å²) in [7, 11) is 0. The zero-order chi connectivity index (χ0) is 17.5. The minimum absolute atomic E-state index is 0.816. The Morgan fingerprint density at radius 1 is 0.769 bits per heavy atom. The molecule has 0 amide bonds. The number of pyridine rings is 1. The number of para-hydroxylation sites is 1. The zero-order valence-electron chi connectivity index (χ0n) is 13.7. The summed E-state index contributed by atoms with van der Waals surface area (Å²) in [4.78, 5) is 10.1. The Balaban J connectivity index is 1.61. The average Bonchev–Trinajstić information content (AvgIpc) is 3.11. The average molecular weight is 354 g/mol. The molecule has 0 bridgehead atoms. The Kier molecular flexibility index (Phi) is 3.47. The van der Waals surface area contributed by atoms with Crippen LogP contribution in [0.25, 0.3) is 38.8 Å². The molecule has 0 N–H and O–H groups in total. The van der Waals surface area contributed by atoms with Crippen molar-refractivity contribution in [3.05, 3.63) is 79.4 Å². The lowest BCUT2D eigenvalue weighted by atomic mass is 10.1. The maximum atomic E-state index is 4.65. The van der Waals surface area contributed by atoms with E-state index < -0.39 is 0 Å². The van der Waals surface area contributed by atoms with E-state index in [1.54, 1.807) is 0 Å². The number of hydrogen-bond donors (Lipinski definition) is 1. The van der Waals surface area contributed by atoms with E-state index in [4.69, 9.17) is 0 Å². The second-order valence-electron chi connectivity index (χ2n) is 6.13. The van der Waals surface area contributed by atoms with Crippen LogP contribution in [0.3, 0.4) is 0 Å². The molecule has 124 valence electrons. The van der Waals surface area contributed by atoms with Gasteiger partial charge >= 0.3 is 0 Å². The molecule has 0 saturated heterocycles. The van der Waals surface area contributed by atoms with Crippen LogP contribution in [0.1, 0.15) is 0 Å². The molecule has 5 rings (SSSR count). The van der Waals surface area contributed by atoms with Crippen molar-refractivity contribution >= 4 is 29.2 Å². The number of nitrogens with zero attached hydrogens (tertiary/aromatic N) is 4. The summed E-state index contributed by atoms with van der Waals surface area (Å²) < 4.78 is 1.81. The highest BCUT2D eigenvalue weighted by Crippen LogP contribution is 2.27. The third-order valence-electron chi connectivity index (χ3n) is 4.46. The molecule has 0 aliphatic heterocycles. The van der Waals surface area contributed by atoms with Gasteiger partial charge in [0.2, 0.25) is 0 Å². The Morgan fingerprint density at radius 2 is 1.58 bits per heavy atom. The van der Waals surface area contributed by atoms with Gasteiger partial charge in [-0.25, -0.2) is 9.50 Å². The van der Waals surface area contributed by atoms with E-state index in [0.29, 0.717) is 0 Å². The third-order valence-corrected chi connectivity index (χ3v) is 4.76. The van der Waals surface area contributed by atoms with Gasteiger partial charge in [0.25, 0.3) is 0 Å². The van der Waals surface area contributed by atoms with E-state index in [-0.39, 0.29) is 0 Å². The van der Waals surface area contributed by atoms with E-state index in [1.165, 1.54) is 0 Å². The summed E-state index contributed by atoms with van der Waals surface area (Å²) in [6, 6.07) is 18.2. The fraction of sp³-hybridized carbons (Fsp3) is 0. The van der Waals surface area contributed by atoms with Crippen LogP contribution in [0.2, 0.25) is 0 Å². The quantitative estimate of drug-likeness (QED) is 0.459. The molecule has 4 nitrogen and oxygen atoms in total. The largest absolute Gasteiger partial charge is 0.256 e. The molecule has 5 heteroatoms. The molecule has 3 aromatic heterocycles. The summed E-state index contributed by atoms with van der Waals surface area (Å²) >= 11 is 4.33. The van der Waals surface area contributed by atoms with E-state index in [0.717, 1.165) is 43.7 Å². The molecular formula is C21H14N4S. The molecule has 26 heavy (non-hydrogen) atoms. The van der Waals surface area contributed by atoms with Gasteiger partial charge < -0.3 is 0 Å². The van der Waals surface area contributed by atoms with Crippen molar-refractivity contribution in [2.75, 3.05) is 0 Å². The molecule has 5 aromatic rings. The van der Waals surface area contributed by atoms with Crippen LogP contribution < -0.4 is 0 Å². The standard InChI is InChI=1S/C21H14N4S/c26-18-7-5-14(6-8-18)17-11-23-21-19(12-24-25(21)13-17)16-9-15-3-1-2-4-20(15)22-10-16/h1-13,26H. The van der Waals surface area contributed by atoms with Gasteiger partial charge in [-0.05, 0) is 29.8 Å². The molecular weight excluding hydrogens is 340 g/mol. The summed E-state index contributed by atoms with van der Waals surface area (Å²) in [6.07, 6.45) is 7.59. The van der Waals surface area contributed by atoms with Gasteiger partial charge in [0.05, 0.1) is 11.7 Å². The van der Waals surface area contributed by atoms with Gasteiger partial charge in [-0.15, -0.1) is 12.6 Å². The highest BCUT2D eigenvalue weighted by atomic mass is 32.1. The predicted molar refractivity (Wildman–Crippen MR) is 106 cm³/mol. The first kappa shape index (κ1) is 15.1. The van der Waals surface area contributed by atoms with Crippen molar-refractivity contribution < 1.29 is 0 Å². The number of rotatable bonds is 2. The lowest BCUT2D eigenvalue weighted by Gasteiger charge is -2.04. The van der Waals surface area contributed by atoms with Crippen molar-refractivity contribution in [2.45, 2.75) is 4.90 Å². The normalized spacial score (nSPS) is 11.3. The SMILES string of the molecule is Sc1ccc(-c2cnc3c(-c4cnc5ccccc5c4)cnn3c2)cc1. The lowest BCUT2D eigenvalue weighted by Crippen LogP contribution is -1.92. The highest BCUT2D eigenvalue weighted by Gasteiger charge is 2.10. The van der Waals surface area contributed by atoms with Crippen molar-refractivity contribution in [1.29, 1.82) is 0 Å². The summed E-state index contributed by atoms with van der Waals surface area (Å²) in [5.41, 5.74) is 5.88. The van der Waals surface area contributed by atoms with Crippen molar-refractivity contribution in [1.82, 2.24) is 19.6 Å². The van der Waals surface area contributed by atoms with E-state index in [9.17, 15) is 0 Å². The smallest absolute Gasteiger partial charge is 0.162 e. The van der Waals surface area contributed by atoms with Crippen LogP contribution in [0.4, 0.5) is 0 Å². The minimum atomic E-state index is 0.816. The van der Waals surface area contributed by atoms with Crippen LogP contribution in [0, 0.1) is 0 Å². The first-order valence-electron chi connectivity index (χ1n) is 8.26.